The van der Waals surface area contributed by atoms with Crippen LogP contribution in [0.3, 0.4) is 0 Å². The second kappa shape index (κ2) is 8.94. The molecule has 3 N–H and O–H groups in total. The van der Waals surface area contributed by atoms with Gasteiger partial charge in [-0.2, -0.15) is 0 Å². The van der Waals surface area contributed by atoms with Gasteiger partial charge in [0.1, 0.15) is 22.3 Å². The summed E-state index contributed by atoms with van der Waals surface area (Å²) in [5.74, 6) is 0.703. The normalized spacial score (nSPS) is 10.6. The molecular formula is C21H19N7O3S. The van der Waals surface area contributed by atoms with Gasteiger partial charge in [0.05, 0.1) is 24.7 Å². The van der Waals surface area contributed by atoms with E-state index in [4.69, 9.17) is 4.74 Å². The minimum atomic E-state index is -0.366. The molecule has 3 heterocycles. The first-order valence-electron chi connectivity index (χ1n) is 9.48. The maximum Gasteiger partial charge on any atom is 0.316 e. The van der Waals surface area contributed by atoms with Crippen molar-refractivity contribution < 1.29 is 14.6 Å². The predicted octanol–water partition coefficient (Wildman–Crippen LogP) is 3.72. The summed E-state index contributed by atoms with van der Waals surface area (Å²) in [5.41, 5.74) is 2.47. The molecule has 11 heteroatoms. The summed E-state index contributed by atoms with van der Waals surface area (Å²) in [5, 5.41) is 16.3. The van der Waals surface area contributed by atoms with Crippen molar-refractivity contribution in [1.82, 2.24) is 24.9 Å². The number of phenolic OH excluding ortho intramolecular Hbond substituents is 1. The third-order valence-electron chi connectivity index (χ3n) is 4.40. The Bertz CT molecular complexity index is 1250. The summed E-state index contributed by atoms with van der Waals surface area (Å²) in [6.07, 6.45) is 4.69. The molecule has 32 heavy (non-hydrogen) atoms. The summed E-state index contributed by atoms with van der Waals surface area (Å²) in [6.45, 7) is 3.58. The molecule has 0 aliphatic carbocycles. The molecule has 0 saturated carbocycles. The van der Waals surface area contributed by atoms with Crippen LogP contribution in [-0.2, 0) is 0 Å². The van der Waals surface area contributed by atoms with Crippen molar-refractivity contribution in [3.63, 3.8) is 0 Å². The molecule has 10 nitrogen and oxygen atoms in total. The fourth-order valence-corrected chi connectivity index (χ4v) is 3.59. The molecule has 0 aliphatic rings. The first-order valence-corrected chi connectivity index (χ1v) is 10.3. The summed E-state index contributed by atoms with van der Waals surface area (Å²) >= 11 is 1.16. The van der Waals surface area contributed by atoms with Crippen molar-refractivity contribution in [2.24, 2.45) is 0 Å². The number of phenols is 1. The Morgan fingerprint density at radius 2 is 1.88 bits per heavy atom. The number of carbonyl (C=O) groups excluding carboxylic acids is 1. The number of aromatic hydroxyl groups is 1. The van der Waals surface area contributed by atoms with E-state index in [9.17, 15) is 9.90 Å². The van der Waals surface area contributed by atoms with E-state index < -0.39 is 0 Å². The van der Waals surface area contributed by atoms with E-state index in [1.807, 2.05) is 0 Å². The number of aryl methyl sites for hydroxylation is 2. The molecule has 0 bridgehead atoms. The van der Waals surface area contributed by atoms with Crippen LogP contribution in [0.2, 0.25) is 0 Å². The number of hydrogen-bond acceptors (Lipinski definition) is 10. The molecule has 1 amide bonds. The zero-order valence-electron chi connectivity index (χ0n) is 17.4. The Balaban J connectivity index is 1.52. The van der Waals surface area contributed by atoms with Crippen LogP contribution >= 0.6 is 11.3 Å². The maximum atomic E-state index is 12.6. The Hall–Kier alpha value is -4.12. The Labute approximate surface area is 187 Å². The van der Waals surface area contributed by atoms with Crippen LogP contribution in [0.15, 0.2) is 42.9 Å². The quantitative estimate of drug-likeness (QED) is 0.376. The molecular weight excluding hydrogens is 430 g/mol. The average molecular weight is 449 g/mol. The number of rotatable bonds is 6. The van der Waals surface area contributed by atoms with Crippen molar-refractivity contribution in [3.05, 3.63) is 59.1 Å². The zero-order valence-corrected chi connectivity index (χ0v) is 18.3. The molecule has 0 saturated heterocycles. The number of amides is 1. The number of carbonyl (C=O) groups is 1. The number of methoxy groups -OCH3 is 1. The van der Waals surface area contributed by atoms with Crippen LogP contribution in [0.1, 0.15) is 21.1 Å². The molecule has 4 rings (SSSR count). The third kappa shape index (κ3) is 4.62. The van der Waals surface area contributed by atoms with Crippen LogP contribution in [0, 0.1) is 13.8 Å². The van der Waals surface area contributed by atoms with Crippen LogP contribution in [-0.4, -0.2) is 43.0 Å². The number of ether oxygens (including phenoxy) is 1. The summed E-state index contributed by atoms with van der Waals surface area (Å²) < 4.78 is 4.98. The van der Waals surface area contributed by atoms with Gasteiger partial charge in [0.15, 0.2) is 5.13 Å². The molecule has 162 valence electrons. The van der Waals surface area contributed by atoms with E-state index in [1.165, 1.54) is 19.4 Å². The van der Waals surface area contributed by atoms with Crippen molar-refractivity contribution in [2.75, 3.05) is 17.7 Å². The SMILES string of the molecule is COc1ncc(-c2cc(Nc3ncc(C(=O)Nc4c(C)cccc4O)s3)nc(C)n2)cn1. The van der Waals surface area contributed by atoms with Gasteiger partial charge in [-0.05, 0) is 25.5 Å². The van der Waals surface area contributed by atoms with Gasteiger partial charge in [0.25, 0.3) is 5.91 Å². The average Bonchev–Trinajstić information content (AvgIpc) is 3.24. The zero-order chi connectivity index (χ0) is 22.7. The molecule has 0 fully saturated rings. The first-order chi connectivity index (χ1) is 15.4. The van der Waals surface area contributed by atoms with E-state index in [0.29, 0.717) is 38.6 Å². The van der Waals surface area contributed by atoms with Gasteiger partial charge in [-0.1, -0.05) is 23.5 Å². The number of anilines is 3. The van der Waals surface area contributed by atoms with Gasteiger partial charge in [0.2, 0.25) is 0 Å². The first kappa shape index (κ1) is 21.1. The Kier molecular flexibility index (Phi) is 5.90. The van der Waals surface area contributed by atoms with Gasteiger partial charge in [-0.25, -0.2) is 24.9 Å². The van der Waals surface area contributed by atoms with Crippen LogP contribution < -0.4 is 15.4 Å². The highest BCUT2D eigenvalue weighted by Crippen LogP contribution is 2.29. The Morgan fingerprint density at radius 3 is 2.59 bits per heavy atom. The highest BCUT2D eigenvalue weighted by atomic mass is 32.1. The second-order valence-electron chi connectivity index (χ2n) is 6.72. The van der Waals surface area contributed by atoms with Gasteiger partial charge in [-0.3, -0.25) is 4.79 Å². The molecule has 0 spiro atoms. The number of para-hydroxylation sites is 1. The Morgan fingerprint density at radius 1 is 1.09 bits per heavy atom. The van der Waals surface area contributed by atoms with Crippen molar-refractivity contribution >= 4 is 33.9 Å². The number of hydrogen-bond donors (Lipinski definition) is 3. The molecule has 0 unspecified atom stereocenters. The van der Waals surface area contributed by atoms with Gasteiger partial charge in [-0.15, -0.1) is 0 Å². The standard InChI is InChI=1S/C21H19N7O3S/c1-11-5-4-6-15(29)18(11)28-19(30)16-10-24-21(32-16)27-17-7-14(25-12(2)26-17)13-8-22-20(31-3)23-9-13/h4-10,29H,1-3H3,(H,28,30)(H,24,25,26,27). The number of aromatic nitrogens is 5. The highest BCUT2D eigenvalue weighted by molar-refractivity contribution is 7.17. The van der Waals surface area contributed by atoms with E-state index in [1.54, 1.807) is 44.4 Å². The predicted molar refractivity (Wildman–Crippen MR) is 121 cm³/mol. The van der Waals surface area contributed by atoms with E-state index in [2.05, 4.69) is 35.6 Å². The number of nitrogens with zero attached hydrogens (tertiary/aromatic N) is 5. The smallest absolute Gasteiger partial charge is 0.316 e. The number of nitrogens with one attached hydrogen (secondary N) is 2. The monoisotopic (exact) mass is 449 g/mol. The van der Waals surface area contributed by atoms with Crippen LogP contribution in [0.25, 0.3) is 11.3 Å². The fourth-order valence-electron chi connectivity index (χ4n) is 2.87. The molecule has 1 aromatic carbocycles. The molecule has 0 atom stereocenters. The second-order valence-corrected chi connectivity index (χ2v) is 7.75. The summed E-state index contributed by atoms with van der Waals surface area (Å²) in [4.78, 5) is 34.2. The third-order valence-corrected chi connectivity index (χ3v) is 5.31. The highest BCUT2D eigenvalue weighted by Gasteiger charge is 2.15. The maximum absolute atomic E-state index is 12.6. The lowest BCUT2D eigenvalue weighted by Crippen LogP contribution is -2.11. The van der Waals surface area contributed by atoms with E-state index >= 15 is 0 Å². The van der Waals surface area contributed by atoms with Crippen LogP contribution in [0.5, 0.6) is 11.8 Å². The minimum absolute atomic E-state index is 0.00714. The van der Waals surface area contributed by atoms with E-state index in [-0.39, 0.29) is 17.7 Å². The van der Waals surface area contributed by atoms with Crippen molar-refractivity contribution in [3.8, 4) is 23.0 Å². The van der Waals surface area contributed by atoms with Gasteiger partial charge >= 0.3 is 6.01 Å². The largest absolute Gasteiger partial charge is 0.506 e. The minimum Gasteiger partial charge on any atom is -0.506 e. The number of benzene rings is 1. The van der Waals surface area contributed by atoms with Crippen molar-refractivity contribution in [1.29, 1.82) is 0 Å². The lowest BCUT2D eigenvalue weighted by molar-refractivity contribution is 0.103. The topological polar surface area (TPSA) is 135 Å². The molecule has 4 aromatic rings. The summed E-state index contributed by atoms with van der Waals surface area (Å²) in [7, 11) is 1.50. The van der Waals surface area contributed by atoms with Gasteiger partial charge < -0.3 is 20.5 Å². The van der Waals surface area contributed by atoms with Gasteiger partial charge in [0, 0.05) is 24.0 Å². The molecule has 3 aromatic heterocycles. The summed E-state index contributed by atoms with van der Waals surface area (Å²) in [6, 6.07) is 7.05. The molecule has 0 aliphatic heterocycles. The van der Waals surface area contributed by atoms with E-state index in [0.717, 1.165) is 16.9 Å². The number of thiazole rings is 1. The lowest BCUT2D eigenvalue weighted by Gasteiger charge is -2.09. The van der Waals surface area contributed by atoms with Crippen LogP contribution in [0.4, 0.5) is 16.6 Å². The molecule has 0 radical (unpaired) electrons. The fraction of sp³-hybridized carbons (Fsp3) is 0.143. The lowest BCUT2D eigenvalue weighted by atomic mass is 10.2. The van der Waals surface area contributed by atoms with Crippen molar-refractivity contribution in [2.45, 2.75) is 13.8 Å².